The van der Waals surface area contributed by atoms with Crippen molar-refractivity contribution in [1.29, 1.82) is 0 Å². The molecular formula is C33H23ClN4O2S. The first-order chi connectivity index (χ1) is 20.0. The van der Waals surface area contributed by atoms with Crippen LogP contribution in [0.1, 0.15) is 33.7 Å². The predicted octanol–water partition coefficient (Wildman–Crippen LogP) is 6.91. The Balaban J connectivity index is 1.33. The average Bonchev–Trinajstić information content (AvgIpc) is 3.53. The average molecular weight is 575 g/mol. The molecule has 1 saturated heterocycles. The highest BCUT2D eigenvalue weighted by atomic mass is 35.5. The van der Waals surface area contributed by atoms with Crippen LogP contribution >= 0.6 is 22.9 Å². The zero-order valence-corrected chi connectivity index (χ0v) is 23.5. The number of benzene rings is 4. The molecule has 6 nitrogen and oxygen atoms in total. The van der Waals surface area contributed by atoms with Crippen LogP contribution in [0.15, 0.2) is 96.1 Å². The SMILES string of the molecule is Cc1ccc(Cl)cc1N1C(=O)[C@H]2C3c4ccccc4C(/C=N\Nc4nc5ccccc5s4)(c4ccccc43)[C@H]2C1=O. The first kappa shape index (κ1) is 24.5. The van der Waals surface area contributed by atoms with Crippen LogP contribution in [0.5, 0.6) is 0 Å². The molecule has 1 aromatic heterocycles. The number of amides is 2. The molecule has 1 fully saturated rings. The summed E-state index contributed by atoms with van der Waals surface area (Å²) in [7, 11) is 0. The zero-order chi connectivity index (χ0) is 27.9. The molecule has 5 aromatic rings. The molecule has 2 heterocycles. The molecule has 8 heteroatoms. The van der Waals surface area contributed by atoms with E-state index >= 15 is 0 Å². The van der Waals surface area contributed by atoms with Gasteiger partial charge >= 0.3 is 0 Å². The van der Waals surface area contributed by atoms with Crippen molar-refractivity contribution < 1.29 is 9.59 Å². The van der Waals surface area contributed by atoms with Crippen molar-refractivity contribution in [2.75, 3.05) is 10.3 Å². The van der Waals surface area contributed by atoms with Gasteiger partial charge in [0.1, 0.15) is 0 Å². The molecule has 9 rings (SSSR count). The molecule has 41 heavy (non-hydrogen) atoms. The first-order valence-corrected chi connectivity index (χ1v) is 14.7. The van der Waals surface area contributed by atoms with E-state index in [1.54, 1.807) is 12.1 Å². The Morgan fingerprint density at radius 3 is 2.34 bits per heavy atom. The second-order valence-corrected chi connectivity index (χ2v) is 12.3. The molecule has 0 saturated carbocycles. The van der Waals surface area contributed by atoms with E-state index in [1.165, 1.54) is 16.2 Å². The molecule has 2 bridgehead atoms. The van der Waals surface area contributed by atoms with Crippen LogP contribution in [0.3, 0.4) is 0 Å². The molecule has 0 spiro atoms. The number of hydrogen-bond acceptors (Lipinski definition) is 6. The van der Waals surface area contributed by atoms with Gasteiger partial charge in [-0.15, -0.1) is 0 Å². The number of nitrogens with zero attached hydrogens (tertiary/aromatic N) is 3. The van der Waals surface area contributed by atoms with E-state index in [4.69, 9.17) is 16.7 Å². The number of anilines is 2. The number of hydrazone groups is 1. The fraction of sp³-hybridized carbons (Fsp3) is 0.152. The quantitative estimate of drug-likeness (QED) is 0.144. The number of halogens is 1. The number of rotatable bonds is 4. The number of imide groups is 1. The minimum Gasteiger partial charge on any atom is -0.274 e. The van der Waals surface area contributed by atoms with E-state index < -0.39 is 17.3 Å². The third kappa shape index (κ3) is 3.30. The Morgan fingerprint density at radius 2 is 1.61 bits per heavy atom. The van der Waals surface area contributed by atoms with Gasteiger partial charge in [-0.25, -0.2) is 9.88 Å². The van der Waals surface area contributed by atoms with Crippen LogP contribution in [0.25, 0.3) is 10.2 Å². The van der Waals surface area contributed by atoms with Crippen molar-refractivity contribution in [3.8, 4) is 0 Å². The number of carbonyl (C=O) groups is 2. The molecule has 4 aromatic carbocycles. The molecule has 200 valence electrons. The maximum absolute atomic E-state index is 14.5. The van der Waals surface area contributed by atoms with Crippen molar-refractivity contribution in [2.45, 2.75) is 18.3 Å². The molecule has 2 atom stereocenters. The number of aryl methyl sites for hydroxylation is 1. The van der Waals surface area contributed by atoms with Gasteiger partial charge in [-0.2, -0.15) is 5.10 Å². The molecule has 0 unspecified atom stereocenters. The Labute approximate surface area is 245 Å². The smallest absolute Gasteiger partial charge is 0.239 e. The number of thiazole rings is 1. The zero-order valence-electron chi connectivity index (χ0n) is 21.9. The number of fused-ring (bicyclic) bond motifs is 1. The first-order valence-electron chi connectivity index (χ1n) is 13.5. The maximum atomic E-state index is 14.5. The van der Waals surface area contributed by atoms with Gasteiger partial charge in [0.2, 0.25) is 16.9 Å². The summed E-state index contributed by atoms with van der Waals surface area (Å²) in [6.45, 7) is 1.89. The predicted molar refractivity (Wildman–Crippen MR) is 163 cm³/mol. The van der Waals surface area contributed by atoms with E-state index in [-0.39, 0.29) is 17.7 Å². The van der Waals surface area contributed by atoms with Gasteiger partial charge in [0, 0.05) is 17.2 Å². The Hall–Kier alpha value is -4.33. The van der Waals surface area contributed by atoms with Crippen LogP contribution in [0.2, 0.25) is 5.02 Å². The standard InChI is InChI=1S/C33H23ClN4O2S/c1-18-14-15-19(34)16-25(18)38-30(39)28-27-20-8-2-4-10-22(20)33(29(28)31(38)40,23-11-5-3-9-21(23)27)17-35-37-32-36-24-12-6-7-13-26(24)41-32/h2-17,27-29H,1H3,(H,36,37)/b35-17-/t27?,28-,29+,33?/m0/s1. The lowest BCUT2D eigenvalue weighted by atomic mass is 9.47. The highest BCUT2D eigenvalue weighted by Crippen LogP contribution is 2.63. The van der Waals surface area contributed by atoms with Crippen molar-refractivity contribution in [2.24, 2.45) is 16.9 Å². The van der Waals surface area contributed by atoms with Crippen LogP contribution < -0.4 is 10.3 Å². The number of para-hydroxylation sites is 1. The maximum Gasteiger partial charge on any atom is 0.239 e. The van der Waals surface area contributed by atoms with Gasteiger partial charge < -0.3 is 0 Å². The van der Waals surface area contributed by atoms with Crippen molar-refractivity contribution in [1.82, 2.24) is 4.98 Å². The summed E-state index contributed by atoms with van der Waals surface area (Å²) in [6, 6.07) is 29.6. The fourth-order valence-corrected chi connectivity index (χ4v) is 8.20. The highest BCUT2D eigenvalue weighted by Gasteiger charge is 2.68. The highest BCUT2D eigenvalue weighted by molar-refractivity contribution is 7.22. The summed E-state index contributed by atoms with van der Waals surface area (Å²) in [5, 5.41) is 5.88. The number of aromatic nitrogens is 1. The fourth-order valence-electron chi connectivity index (χ4n) is 7.22. The monoisotopic (exact) mass is 574 g/mol. The Kier molecular flexibility index (Phi) is 5.27. The number of hydrogen-bond donors (Lipinski definition) is 1. The van der Waals surface area contributed by atoms with Crippen LogP contribution in [-0.4, -0.2) is 23.0 Å². The lowest BCUT2D eigenvalue weighted by Crippen LogP contribution is -2.54. The molecule has 1 N–H and O–H groups in total. The van der Waals surface area contributed by atoms with Gasteiger partial charge in [0.25, 0.3) is 0 Å². The normalized spacial score (nSPS) is 24.1. The summed E-state index contributed by atoms with van der Waals surface area (Å²) in [6.07, 6.45) is 1.84. The number of carbonyl (C=O) groups excluding carboxylic acids is 2. The molecule has 4 aliphatic rings. The summed E-state index contributed by atoms with van der Waals surface area (Å²) >= 11 is 7.87. The minimum atomic E-state index is -0.954. The van der Waals surface area contributed by atoms with Crippen molar-refractivity contribution >= 4 is 62.0 Å². The minimum absolute atomic E-state index is 0.198. The van der Waals surface area contributed by atoms with Gasteiger partial charge in [-0.3, -0.25) is 15.0 Å². The Bertz CT molecular complexity index is 1870. The lowest BCUT2D eigenvalue weighted by molar-refractivity contribution is -0.122. The second-order valence-electron chi connectivity index (χ2n) is 10.8. The molecule has 1 aliphatic heterocycles. The Morgan fingerprint density at radius 1 is 0.927 bits per heavy atom. The van der Waals surface area contributed by atoms with E-state index in [0.29, 0.717) is 15.8 Å². The third-order valence-electron chi connectivity index (χ3n) is 8.82. The molecule has 3 aliphatic carbocycles. The molecule has 0 radical (unpaired) electrons. The number of nitrogens with one attached hydrogen (secondary N) is 1. The van der Waals surface area contributed by atoms with E-state index in [0.717, 1.165) is 38.0 Å². The summed E-state index contributed by atoms with van der Waals surface area (Å²) in [4.78, 5) is 34.9. The summed E-state index contributed by atoms with van der Waals surface area (Å²) in [5.41, 5.74) is 8.56. The van der Waals surface area contributed by atoms with E-state index in [1.807, 2.05) is 67.7 Å². The third-order valence-corrected chi connectivity index (χ3v) is 9.99. The largest absolute Gasteiger partial charge is 0.274 e. The van der Waals surface area contributed by atoms with Crippen molar-refractivity contribution in [3.05, 3.63) is 124 Å². The van der Waals surface area contributed by atoms with Crippen LogP contribution in [0.4, 0.5) is 10.8 Å². The van der Waals surface area contributed by atoms with Gasteiger partial charge in [-0.1, -0.05) is 89.7 Å². The molecular weight excluding hydrogens is 552 g/mol. The topological polar surface area (TPSA) is 74.7 Å². The second kappa shape index (κ2) is 8.83. The lowest BCUT2D eigenvalue weighted by Gasteiger charge is -2.52. The van der Waals surface area contributed by atoms with Gasteiger partial charge in [0.15, 0.2) is 0 Å². The summed E-state index contributed by atoms with van der Waals surface area (Å²) in [5.74, 6) is -1.90. The van der Waals surface area contributed by atoms with Gasteiger partial charge in [-0.05, 0) is 59.0 Å². The summed E-state index contributed by atoms with van der Waals surface area (Å²) < 4.78 is 1.06. The van der Waals surface area contributed by atoms with Crippen LogP contribution in [0, 0.1) is 18.8 Å². The molecule has 2 amide bonds. The van der Waals surface area contributed by atoms with E-state index in [2.05, 4.69) is 34.7 Å². The van der Waals surface area contributed by atoms with Crippen molar-refractivity contribution in [3.63, 3.8) is 0 Å². The van der Waals surface area contributed by atoms with Gasteiger partial charge in [0.05, 0.1) is 33.2 Å². The van der Waals surface area contributed by atoms with E-state index in [9.17, 15) is 9.59 Å². The van der Waals surface area contributed by atoms with Crippen LogP contribution in [-0.2, 0) is 15.0 Å².